The van der Waals surface area contributed by atoms with Crippen molar-refractivity contribution in [3.05, 3.63) is 94.6 Å². The van der Waals surface area contributed by atoms with E-state index in [0.717, 1.165) is 16.6 Å². The third-order valence-corrected chi connectivity index (χ3v) is 6.75. The minimum absolute atomic E-state index is 0.0628. The number of benzene rings is 3. The molecule has 0 saturated carbocycles. The first kappa shape index (κ1) is 25.9. The highest BCUT2D eigenvalue weighted by molar-refractivity contribution is 6.03. The van der Waals surface area contributed by atoms with Crippen LogP contribution in [0.25, 0.3) is 11.0 Å². The summed E-state index contributed by atoms with van der Waals surface area (Å²) < 4.78 is 3.59. The highest BCUT2D eigenvalue weighted by atomic mass is 16.3. The molecule has 0 bridgehead atoms. The van der Waals surface area contributed by atoms with Gasteiger partial charge in [-0.3, -0.25) is 15.0 Å². The fourth-order valence-electron chi connectivity index (χ4n) is 4.49. The average molecular weight is 499 g/mol. The summed E-state index contributed by atoms with van der Waals surface area (Å²) in [4.78, 5) is 28.2. The lowest BCUT2D eigenvalue weighted by Gasteiger charge is -2.24. The van der Waals surface area contributed by atoms with Crippen LogP contribution in [0, 0.1) is 5.41 Å². The van der Waals surface area contributed by atoms with Gasteiger partial charge in [-0.15, -0.1) is 0 Å². The molecule has 0 aliphatic carbocycles. The standard InChI is InChI=1S/C30H34N4O3/c1-6-32(5)28(37)22-16-21(17-23(27(22)36)30(2,3)4)26(35)19-34-25-15-11-10-14-24(25)33(29(34)31)18-20-12-8-7-9-13-20/h7-17,31,36H,6,18-19H2,1-5H3. The monoisotopic (exact) mass is 498 g/mol. The number of carbonyl (C=O) groups excluding carboxylic acids is 2. The first-order valence-electron chi connectivity index (χ1n) is 12.5. The molecule has 1 amide bonds. The number of aromatic hydroxyl groups is 1. The normalized spacial score (nSPS) is 11.6. The number of rotatable bonds is 7. The van der Waals surface area contributed by atoms with Gasteiger partial charge in [-0.25, -0.2) is 0 Å². The van der Waals surface area contributed by atoms with Crippen molar-refractivity contribution in [3.63, 3.8) is 0 Å². The van der Waals surface area contributed by atoms with Crippen LogP contribution in [0.3, 0.4) is 0 Å². The number of amides is 1. The lowest BCUT2D eigenvalue weighted by molar-refractivity contribution is 0.0799. The minimum Gasteiger partial charge on any atom is -0.507 e. The summed E-state index contributed by atoms with van der Waals surface area (Å²) >= 11 is 0. The number of nitrogens with zero attached hydrogens (tertiary/aromatic N) is 3. The Kier molecular flexibility index (Phi) is 7.07. The maximum Gasteiger partial charge on any atom is 0.257 e. The Balaban J connectivity index is 1.79. The number of carbonyl (C=O) groups is 2. The summed E-state index contributed by atoms with van der Waals surface area (Å²) in [6, 6.07) is 20.8. The first-order valence-corrected chi connectivity index (χ1v) is 12.5. The quantitative estimate of drug-likeness (QED) is 0.353. The van der Waals surface area contributed by atoms with Crippen LogP contribution in [0.4, 0.5) is 0 Å². The van der Waals surface area contributed by atoms with E-state index in [2.05, 4.69) is 0 Å². The fraction of sp³-hybridized carbons (Fsp3) is 0.300. The van der Waals surface area contributed by atoms with E-state index in [1.165, 1.54) is 11.0 Å². The molecule has 37 heavy (non-hydrogen) atoms. The molecule has 0 saturated heterocycles. The van der Waals surface area contributed by atoms with Crippen molar-refractivity contribution < 1.29 is 14.7 Å². The van der Waals surface area contributed by atoms with Gasteiger partial charge in [-0.05, 0) is 42.2 Å². The maximum atomic E-state index is 13.7. The van der Waals surface area contributed by atoms with E-state index in [-0.39, 0.29) is 35.2 Å². The van der Waals surface area contributed by atoms with Crippen molar-refractivity contribution in [1.82, 2.24) is 14.0 Å². The average Bonchev–Trinajstić information content (AvgIpc) is 3.13. The van der Waals surface area contributed by atoms with Gasteiger partial charge >= 0.3 is 0 Å². The minimum atomic E-state index is -0.486. The van der Waals surface area contributed by atoms with Gasteiger partial charge in [-0.1, -0.05) is 63.2 Å². The second kappa shape index (κ2) is 10.1. The predicted molar refractivity (Wildman–Crippen MR) is 145 cm³/mol. The predicted octanol–water partition coefficient (Wildman–Crippen LogP) is 4.95. The SMILES string of the molecule is CCN(C)C(=O)c1cc(C(=O)Cn2c(=N)n(Cc3ccccc3)c3ccccc32)cc(C(C)(C)C)c1O. The molecule has 1 aromatic heterocycles. The molecule has 0 spiro atoms. The van der Waals surface area contributed by atoms with Crippen molar-refractivity contribution in [1.29, 1.82) is 5.41 Å². The molecule has 0 unspecified atom stereocenters. The van der Waals surface area contributed by atoms with Crippen molar-refractivity contribution in [2.24, 2.45) is 0 Å². The zero-order valence-electron chi connectivity index (χ0n) is 22.1. The number of imidazole rings is 1. The maximum absolute atomic E-state index is 13.7. The Morgan fingerprint density at radius 2 is 1.54 bits per heavy atom. The molecule has 0 radical (unpaired) electrons. The number of Topliss-reactive ketones (excluding diaryl/α,β-unsaturated/α-hetero) is 1. The fourth-order valence-corrected chi connectivity index (χ4v) is 4.49. The summed E-state index contributed by atoms with van der Waals surface area (Å²) in [5.41, 5.74) is 3.43. The highest BCUT2D eigenvalue weighted by Gasteiger charge is 2.27. The first-order chi connectivity index (χ1) is 17.5. The molecule has 1 heterocycles. The largest absolute Gasteiger partial charge is 0.507 e. The van der Waals surface area contributed by atoms with Crippen molar-refractivity contribution in [3.8, 4) is 5.75 Å². The van der Waals surface area contributed by atoms with Crippen molar-refractivity contribution in [2.75, 3.05) is 13.6 Å². The van der Waals surface area contributed by atoms with Gasteiger partial charge < -0.3 is 19.1 Å². The van der Waals surface area contributed by atoms with E-state index in [4.69, 9.17) is 5.41 Å². The third-order valence-electron chi connectivity index (χ3n) is 6.75. The van der Waals surface area contributed by atoms with Crippen LogP contribution in [-0.4, -0.2) is 44.4 Å². The van der Waals surface area contributed by atoms with E-state index in [1.54, 1.807) is 17.7 Å². The lowest BCUT2D eigenvalue weighted by atomic mass is 9.83. The van der Waals surface area contributed by atoms with Crippen LogP contribution >= 0.6 is 0 Å². The third kappa shape index (κ3) is 5.07. The number of hydrogen-bond acceptors (Lipinski definition) is 4. The molecule has 2 N–H and O–H groups in total. The number of para-hydroxylation sites is 2. The highest BCUT2D eigenvalue weighted by Crippen LogP contribution is 2.35. The van der Waals surface area contributed by atoms with E-state index >= 15 is 0 Å². The molecule has 4 rings (SSSR count). The van der Waals surface area contributed by atoms with Gasteiger partial charge in [-0.2, -0.15) is 0 Å². The van der Waals surface area contributed by atoms with Crippen LogP contribution in [0.2, 0.25) is 0 Å². The molecule has 4 aromatic rings. The number of hydrogen-bond donors (Lipinski definition) is 2. The molecule has 0 atom stereocenters. The van der Waals surface area contributed by atoms with Gasteiger partial charge in [0.15, 0.2) is 5.78 Å². The van der Waals surface area contributed by atoms with Gasteiger partial charge in [0.2, 0.25) is 5.62 Å². The molecule has 0 aliphatic heterocycles. The Bertz CT molecular complexity index is 1520. The molecule has 0 aliphatic rings. The number of fused-ring (bicyclic) bond motifs is 1. The second-order valence-corrected chi connectivity index (χ2v) is 10.4. The smallest absolute Gasteiger partial charge is 0.257 e. The summed E-state index contributed by atoms with van der Waals surface area (Å²) in [6.45, 7) is 8.57. The number of phenols is 1. The Hall–Kier alpha value is -4.13. The summed E-state index contributed by atoms with van der Waals surface area (Å²) in [5.74, 6) is -0.670. The Labute approximate surface area is 217 Å². The second-order valence-electron chi connectivity index (χ2n) is 10.4. The molecular formula is C30H34N4O3. The van der Waals surface area contributed by atoms with Crippen LogP contribution in [0.5, 0.6) is 5.75 Å². The van der Waals surface area contributed by atoms with Crippen LogP contribution in [0.15, 0.2) is 66.7 Å². The molecule has 0 fully saturated rings. The van der Waals surface area contributed by atoms with Gasteiger partial charge in [0.1, 0.15) is 5.75 Å². The summed E-state index contributed by atoms with van der Waals surface area (Å²) in [5, 5.41) is 19.9. The topological polar surface area (TPSA) is 91.3 Å². The van der Waals surface area contributed by atoms with Crippen molar-refractivity contribution >= 4 is 22.7 Å². The van der Waals surface area contributed by atoms with E-state index in [1.807, 2.05) is 86.9 Å². The van der Waals surface area contributed by atoms with Gasteiger partial charge in [0.05, 0.1) is 29.7 Å². The van der Waals surface area contributed by atoms with E-state index < -0.39 is 5.41 Å². The molecule has 192 valence electrons. The van der Waals surface area contributed by atoms with Gasteiger partial charge in [0.25, 0.3) is 5.91 Å². The van der Waals surface area contributed by atoms with Crippen molar-refractivity contribution in [2.45, 2.75) is 46.2 Å². The lowest BCUT2D eigenvalue weighted by Crippen LogP contribution is -2.29. The molecular weight excluding hydrogens is 464 g/mol. The van der Waals surface area contributed by atoms with Crippen LogP contribution in [0.1, 0.15) is 59.5 Å². The summed E-state index contributed by atoms with van der Waals surface area (Å²) in [6.07, 6.45) is 0. The number of ketones is 1. The van der Waals surface area contributed by atoms with E-state index in [9.17, 15) is 14.7 Å². The summed E-state index contributed by atoms with van der Waals surface area (Å²) in [7, 11) is 1.66. The Morgan fingerprint density at radius 1 is 0.946 bits per heavy atom. The Morgan fingerprint density at radius 3 is 2.14 bits per heavy atom. The number of aromatic nitrogens is 2. The zero-order valence-corrected chi connectivity index (χ0v) is 22.1. The number of phenolic OH excluding ortho intramolecular Hbond substituents is 1. The van der Waals surface area contributed by atoms with Crippen LogP contribution < -0.4 is 5.62 Å². The molecule has 7 nitrogen and oxygen atoms in total. The molecule has 3 aromatic carbocycles. The van der Waals surface area contributed by atoms with Gasteiger partial charge in [0, 0.05) is 24.7 Å². The zero-order chi connectivity index (χ0) is 26.9. The number of nitrogens with one attached hydrogen (secondary N) is 1. The van der Waals surface area contributed by atoms with E-state index in [0.29, 0.717) is 24.2 Å². The van der Waals surface area contributed by atoms with Crippen LogP contribution in [-0.2, 0) is 18.5 Å². The molecule has 7 heteroatoms.